The molecule has 4 nitrogen and oxygen atoms in total. The fourth-order valence-corrected chi connectivity index (χ4v) is 2.91. The number of nitrogens with one attached hydrogen (secondary N) is 1. The molecule has 0 unspecified atom stereocenters. The van der Waals surface area contributed by atoms with E-state index in [1.165, 1.54) is 6.07 Å². The summed E-state index contributed by atoms with van der Waals surface area (Å²) in [6, 6.07) is 17.9. The molecule has 0 saturated heterocycles. The minimum atomic E-state index is -0.264. The Morgan fingerprint density at radius 2 is 1.85 bits per heavy atom. The lowest BCUT2D eigenvalue weighted by Gasteiger charge is -2.26. The normalized spacial score (nSPS) is 10.4. The minimum Gasteiger partial charge on any atom is -0.492 e. The molecule has 0 spiro atoms. The number of benzene rings is 2. The molecule has 0 aliphatic heterocycles. The van der Waals surface area contributed by atoms with Crippen molar-refractivity contribution in [3.63, 3.8) is 0 Å². The average molecular weight is 384 g/mol. The first-order chi connectivity index (χ1) is 13.2. The lowest BCUT2D eigenvalue weighted by Crippen LogP contribution is -2.34. The summed E-state index contributed by atoms with van der Waals surface area (Å²) < 4.78 is 25.2. The highest BCUT2D eigenvalue weighted by atomic mass is 32.1. The monoisotopic (exact) mass is 384 g/mol. The zero-order chi connectivity index (χ0) is 19.1. The van der Waals surface area contributed by atoms with Crippen molar-refractivity contribution in [3.05, 3.63) is 84.1 Å². The fraction of sp³-hybridized carbons (Fsp3) is 0.190. The van der Waals surface area contributed by atoms with Crippen LogP contribution in [0.15, 0.2) is 71.3 Å². The van der Waals surface area contributed by atoms with Crippen LogP contribution in [0.5, 0.6) is 5.75 Å². The van der Waals surface area contributed by atoms with Crippen molar-refractivity contribution >= 4 is 23.0 Å². The number of anilines is 1. The van der Waals surface area contributed by atoms with Crippen LogP contribution >= 0.6 is 12.2 Å². The van der Waals surface area contributed by atoms with Gasteiger partial charge in [-0.25, -0.2) is 4.39 Å². The largest absolute Gasteiger partial charge is 0.492 e. The van der Waals surface area contributed by atoms with E-state index in [0.29, 0.717) is 36.1 Å². The summed E-state index contributed by atoms with van der Waals surface area (Å²) in [5.74, 6) is 1.19. The third kappa shape index (κ3) is 5.08. The summed E-state index contributed by atoms with van der Waals surface area (Å²) in [6.07, 6.45) is 1.61. The first kappa shape index (κ1) is 18.9. The maximum absolute atomic E-state index is 14.1. The molecule has 140 valence electrons. The van der Waals surface area contributed by atoms with Crippen LogP contribution in [0.1, 0.15) is 18.2 Å². The molecule has 0 bridgehead atoms. The molecule has 3 rings (SSSR count). The Balaban J connectivity index is 1.81. The number of furan rings is 1. The fourth-order valence-electron chi connectivity index (χ4n) is 2.67. The molecule has 3 aromatic rings. The van der Waals surface area contributed by atoms with Gasteiger partial charge in [0.15, 0.2) is 5.11 Å². The smallest absolute Gasteiger partial charge is 0.174 e. The number of halogens is 1. The van der Waals surface area contributed by atoms with E-state index in [1.54, 1.807) is 18.4 Å². The van der Waals surface area contributed by atoms with Crippen molar-refractivity contribution < 1.29 is 13.5 Å². The van der Waals surface area contributed by atoms with Gasteiger partial charge in [-0.15, -0.1) is 0 Å². The van der Waals surface area contributed by atoms with Crippen molar-refractivity contribution in [1.29, 1.82) is 0 Å². The molecule has 1 N–H and O–H groups in total. The van der Waals surface area contributed by atoms with Crippen LogP contribution in [0.4, 0.5) is 10.1 Å². The van der Waals surface area contributed by atoms with Crippen LogP contribution in [0, 0.1) is 5.82 Å². The highest BCUT2D eigenvalue weighted by Gasteiger charge is 2.16. The second kappa shape index (κ2) is 9.19. The number of hydrogen-bond donors (Lipinski definition) is 1. The minimum absolute atomic E-state index is 0.264. The molecule has 2 aromatic carbocycles. The van der Waals surface area contributed by atoms with Gasteiger partial charge in [-0.2, -0.15) is 0 Å². The Hall–Kier alpha value is -2.86. The molecule has 1 aromatic heterocycles. The van der Waals surface area contributed by atoms with Gasteiger partial charge in [-0.1, -0.05) is 30.3 Å². The van der Waals surface area contributed by atoms with Crippen LogP contribution in [0.2, 0.25) is 0 Å². The second-order valence-electron chi connectivity index (χ2n) is 5.89. The third-order valence-electron chi connectivity index (χ3n) is 3.96. The second-order valence-corrected chi connectivity index (χ2v) is 6.27. The van der Waals surface area contributed by atoms with Crippen LogP contribution in [0.3, 0.4) is 0 Å². The number of hydrogen-bond acceptors (Lipinski definition) is 3. The molecule has 0 radical (unpaired) electrons. The van der Waals surface area contributed by atoms with Crippen LogP contribution in [0.25, 0.3) is 0 Å². The van der Waals surface area contributed by atoms with E-state index < -0.39 is 0 Å². The van der Waals surface area contributed by atoms with E-state index >= 15 is 0 Å². The molecule has 0 aliphatic rings. The predicted octanol–water partition coefficient (Wildman–Crippen LogP) is 5.22. The Labute approximate surface area is 163 Å². The maximum atomic E-state index is 14.1. The van der Waals surface area contributed by atoms with E-state index in [2.05, 4.69) is 5.32 Å². The lowest BCUT2D eigenvalue weighted by molar-refractivity contribution is 0.341. The van der Waals surface area contributed by atoms with Crippen molar-refractivity contribution in [1.82, 2.24) is 4.90 Å². The van der Waals surface area contributed by atoms with Gasteiger partial charge in [0, 0.05) is 12.1 Å². The molecule has 0 fully saturated rings. The molecular weight excluding hydrogens is 363 g/mol. The Kier molecular flexibility index (Phi) is 6.44. The van der Waals surface area contributed by atoms with Gasteiger partial charge in [-0.05, 0) is 49.5 Å². The van der Waals surface area contributed by atoms with E-state index in [9.17, 15) is 4.39 Å². The molecule has 0 atom stereocenters. The lowest BCUT2D eigenvalue weighted by atomic mass is 10.2. The highest BCUT2D eigenvalue weighted by molar-refractivity contribution is 7.80. The molecule has 6 heteroatoms. The molecule has 0 saturated carbocycles. The zero-order valence-electron chi connectivity index (χ0n) is 15.0. The molecule has 0 aliphatic carbocycles. The van der Waals surface area contributed by atoms with Gasteiger partial charge in [-0.3, -0.25) is 0 Å². The van der Waals surface area contributed by atoms with Crippen molar-refractivity contribution in [2.45, 2.75) is 20.0 Å². The van der Waals surface area contributed by atoms with Crippen LogP contribution in [-0.4, -0.2) is 16.6 Å². The van der Waals surface area contributed by atoms with Gasteiger partial charge in [0.25, 0.3) is 0 Å². The standard InChI is InChI=1S/C21H21FN2O2S/c1-2-25-20-12-6-5-11-19(20)23-21(27)24(15-17-9-7-13-26-17)14-16-8-3-4-10-18(16)22/h3-13H,2,14-15H2,1H3,(H,23,27). The quantitative estimate of drug-likeness (QED) is 0.566. The summed E-state index contributed by atoms with van der Waals surface area (Å²) in [5, 5.41) is 3.68. The van der Waals surface area contributed by atoms with Crippen molar-refractivity contribution in [2.75, 3.05) is 11.9 Å². The molecule has 1 heterocycles. The third-order valence-corrected chi connectivity index (χ3v) is 4.32. The van der Waals surface area contributed by atoms with Crippen molar-refractivity contribution in [3.8, 4) is 5.75 Å². The number of thiocarbonyl (C=S) groups is 1. The molecular formula is C21H21FN2O2S. The van der Waals surface area contributed by atoms with E-state index in [-0.39, 0.29) is 5.82 Å². The van der Waals surface area contributed by atoms with Gasteiger partial charge in [0.2, 0.25) is 0 Å². The Bertz CT molecular complexity index is 883. The highest BCUT2D eigenvalue weighted by Crippen LogP contribution is 2.25. The van der Waals surface area contributed by atoms with Crippen molar-refractivity contribution in [2.24, 2.45) is 0 Å². The van der Waals surface area contributed by atoms with Gasteiger partial charge >= 0.3 is 0 Å². The van der Waals surface area contributed by atoms with E-state index in [4.69, 9.17) is 21.4 Å². The summed E-state index contributed by atoms with van der Waals surface area (Å²) in [6.45, 7) is 3.22. The summed E-state index contributed by atoms with van der Waals surface area (Å²) >= 11 is 5.61. The topological polar surface area (TPSA) is 37.6 Å². The number of rotatable bonds is 7. The van der Waals surface area contributed by atoms with Crippen LogP contribution in [-0.2, 0) is 13.1 Å². The molecule has 27 heavy (non-hydrogen) atoms. The predicted molar refractivity (Wildman–Crippen MR) is 108 cm³/mol. The van der Waals surface area contributed by atoms with Gasteiger partial charge in [0.05, 0.1) is 25.1 Å². The number of para-hydroxylation sites is 2. The summed E-state index contributed by atoms with van der Waals surface area (Å²) in [7, 11) is 0. The zero-order valence-corrected chi connectivity index (χ0v) is 15.8. The first-order valence-corrected chi connectivity index (χ1v) is 9.11. The van der Waals surface area contributed by atoms with E-state index in [0.717, 1.165) is 11.4 Å². The average Bonchev–Trinajstić information content (AvgIpc) is 3.18. The summed E-state index contributed by atoms with van der Waals surface area (Å²) in [4.78, 5) is 1.86. The van der Waals surface area contributed by atoms with Gasteiger partial charge < -0.3 is 19.4 Å². The number of nitrogens with zero attached hydrogens (tertiary/aromatic N) is 1. The van der Waals surface area contributed by atoms with Gasteiger partial charge in [0.1, 0.15) is 17.3 Å². The Morgan fingerprint density at radius 1 is 1.07 bits per heavy atom. The SMILES string of the molecule is CCOc1ccccc1NC(=S)N(Cc1ccco1)Cc1ccccc1F. The first-order valence-electron chi connectivity index (χ1n) is 8.71. The Morgan fingerprint density at radius 3 is 2.59 bits per heavy atom. The summed E-state index contributed by atoms with van der Waals surface area (Å²) in [5.41, 5.74) is 1.33. The van der Waals surface area contributed by atoms with Crippen LogP contribution < -0.4 is 10.1 Å². The maximum Gasteiger partial charge on any atom is 0.174 e. The van der Waals surface area contributed by atoms with E-state index in [1.807, 2.05) is 54.3 Å². The number of ether oxygens (including phenoxy) is 1. The molecule has 0 amide bonds.